The summed E-state index contributed by atoms with van der Waals surface area (Å²) < 4.78 is 33.0. The van der Waals surface area contributed by atoms with Crippen molar-refractivity contribution in [3.8, 4) is 0 Å². The van der Waals surface area contributed by atoms with Crippen molar-refractivity contribution in [3.63, 3.8) is 0 Å². The van der Waals surface area contributed by atoms with Gasteiger partial charge in [-0.05, 0) is 6.42 Å². The fourth-order valence-electron chi connectivity index (χ4n) is 1.09. The van der Waals surface area contributed by atoms with Gasteiger partial charge in [0.15, 0.2) is 0 Å². The van der Waals surface area contributed by atoms with Crippen LogP contribution in [-0.4, -0.2) is 38.4 Å². The number of rotatable bonds is 4. The highest BCUT2D eigenvalue weighted by atomic mass is 19.3. The van der Waals surface area contributed by atoms with Gasteiger partial charge in [0.1, 0.15) is 6.61 Å². The first-order valence-electron chi connectivity index (χ1n) is 3.85. The van der Waals surface area contributed by atoms with Crippen LogP contribution in [-0.2, 0) is 9.47 Å². The van der Waals surface area contributed by atoms with Crippen molar-refractivity contribution in [1.29, 1.82) is 0 Å². The van der Waals surface area contributed by atoms with E-state index in [1.807, 2.05) is 0 Å². The highest BCUT2D eigenvalue weighted by molar-refractivity contribution is 4.87. The molecule has 1 atom stereocenters. The summed E-state index contributed by atoms with van der Waals surface area (Å²) in [7, 11) is 0. The average molecular weight is 181 g/mol. The third-order valence-corrected chi connectivity index (χ3v) is 1.77. The van der Waals surface area contributed by atoms with Gasteiger partial charge < -0.3 is 15.2 Å². The van der Waals surface area contributed by atoms with Gasteiger partial charge in [-0.1, -0.05) is 0 Å². The van der Waals surface area contributed by atoms with Gasteiger partial charge >= 0.3 is 0 Å². The molecule has 0 amide bonds. The molecule has 72 valence electrons. The first kappa shape index (κ1) is 9.83. The Bertz CT molecular complexity index is 137. The number of hydrogen-bond donors (Lipinski definition) is 1. The zero-order valence-corrected chi connectivity index (χ0v) is 6.76. The van der Waals surface area contributed by atoms with Crippen LogP contribution in [0.1, 0.15) is 6.42 Å². The van der Waals surface area contributed by atoms with E-state index in [4.69, 9.17) is 15.2 Å². The predicted octanol–water partition coefficient (Wildman–Crippen LogP) is 0.386. The number of ether oxygens (including phenoxy) is 2. The van der Waals surface area contributed by atoms with E-state index >= 15 is 0 Å². The van der Waals surface area contributed by atoms with Crippen LogP contribution in [0.25, 0.3) is 0 Å². The molecule has 0 spiro atoms. The lowest BCUT2D eigenvalue weighted by molar-refractivity contribution is -0.00321. The zero-order chi connectivity index (χ0) is 9.03. The molecular weight excluding hydrogens is 168 g/mol. The molecule has 0 radical (unpaired) electrons. The second-order valence-electron chi connectivity index (χ2n) is 3.07. The van der Waals surface area contributed by atoms with Crippen molar-refractivity contribution in [2.24, 2.45) is 5.73 Å². The minimum Gasteiger partial charge on any atom is -0.379 e. The monoisotopic (exact) mass is 181 g/mol. The highest BCUT2D eigenvalue weighted by Crippen LogP contribution is 2.15. The average Bonchev–Trinajstić information content (AvgIpc) is 2.35. The molecule has 0 bridgehead atoms. The van der Waals surface area contributed by atoms with Crippen LogP contribution in [0.5, 0.6) is 0 Å². The second-order valence-corrected chi connectivity index (χ2v) is 3.07. The van der Waals surface area contributed by atoms with Crippen molar-refractivity contribution in [3.05, 3.63) is 0 Å². The number of halogens is 2. The van der Waals surface area contributed by atoms with E-state index in [0.717, 1.165) is 0 Å². The lowest BCUT2D eigenvalue weighted by Gasteiger charge is -2.20. The van der Waals surface area contributed by atoms with E-state index in [1.165, 1.54) is 0 Å². The largest absolute Gasteiger partial charge is 0.379 e. The van der Waals surface area contributed by atoms with Crippen LogP contribution in [0.3, 0.4) is 0 Å². The molecule has 1 heterocycles. The molecule has 0 saturated carbocycles. The molecule has 1 unspecified atom stereocenters. The summed E-state index contributed by atoms with van der Waals surface area (Å²) in [6, 6.07) is 0. The smallest absolute Gasteiger partial charge is 0.261 e. The van der Waals surface area contributed by atoms with E-state index in [0.29, 0.717) is 19.6 Å². The van der Waals surface area contributed by atoms with Crippen LogP contribution in [0.4, 0.5) is 8.78 Å². The summed E-state index contributed by atoms with van der Waals surface area (Å²) in [4.78, 5) is 0. The summed E-state index contributed by atoms with van der Waals surface area (Å²) in [6.07, 6.45) is -1.74. The van der Waals surface area contributed by atoms with Gasteiger partial charge in [-0.25, -0.2) is 8.78 Å². The molecule has 1 fully saturated rings. The van der Waals surface area contributed by atoms with Gasteiger partial charge in [0.25, 0.3) is 6.43 Å². The Morgan fingerprint density at radius 3 is 2.83 bits per heavy atom. The molecule has 1 aliphatic heterocycles. The van der Waals surface area contributed by atoms with Crippen LogP contribution >= 0.6 is 0 Å². The Balaban J connectivity index is 2.13. The number of hydrogen-bond acceptors (Lipinski definition) is 3. The maximum atomic E-state index is 11.6. The molecule has 1 aliphatic rings. The van der Waals surface area contributed by atoms with Gasteiger partial charge in [0.05, 0.1) is 18.8 Å². The predicted molar refractivity (Wildman–Crippen MR) is 39.2 cm³/mol. The SMILES string of the molecule is NC1(COCC(F)F)CCOC1. The Morgan fingerprint density at radius 1 is 1.58 bits per heavy atom. The molecule has 0 aromatic rings. The molecule has 0 aromatic carbocycles. The second kappa shape index (κ2) is 4.11. The first-order valence-corrected chi connectivity index (χ1v) is 3.85. The van der Waals surface area contributed by atoms with Crippen LogP contribution in [0.15, 0.2) is 0 Å². The molecule has 2 N–H and O–H groups in total. The topological polar surface area (TPSA) is 44.5 Å². The molecule has 12 heavy (non-hydrogen) atoms. The number of nitrogens with two attached hydrogens (primary N) is 1. The fourth-order valence-corrected chi connectivity index (χ4v) is 1.09. The van der Waals surface area contributed by atoms with Crippen LogP contribution in [0.2, 0.25) is 0 Å². The minimum atomic E-state index is -2.42. The molecule has 0 aromatic heterocycles. The zero-order valence-electron chi connectivity index (χ0n) is 6.76. The standard InChI is InChI=1S/C7H13F2NO2/c8-6(9)3-12-5-7(10)1-2-11-4-7/h6H,1-5,10H2. The summed E-state index contributed by atoms with van der Waals surface area (Å²) in [5.74, 6) is 0. The summed E-state index contributed by atoms with van der Waals surface area (Å²) in [5, 5.41) is 0. The Morgan fingerprint density at radius 2 is 2.33 bits per heavy atom. The summed E-state index contributed by atoms with van der Waals surface area (Å²) >= 11 is 0. The van der Waals surface area contributed by atoms with Crippen LogP contribution < -0.4 is 5.73 Å². The Hall–Kier alpha value is -0.260. The van der Waals surface area contributed by atoms with Gasteiger partial charge in [-0.15, -0.1) is 0 Å². The Kier molecular flexibility index (Phi) is 3.37. The first-order chi connectivity index (χ1) is 5.62. The summed E-state index contributed by atoms with van der Waals surface area (Å²) in [5.41, 5.74) is 5.20. The van der Waals surface area contributed by atoms with Gasteiger partial charge in [-0.3, -0.25) is 0 Å². The van der Waals surface area contributed by atoms with Crippen molar-refractivity contribution < 1.29 is 18.3 Å². The van der Waals surface area contributed by atoms with Crippen molar-refractivity contribution in [2.75, 3.05) is 26.4 Å². The molecule has 1 saturated heterocycles. The molecule has 3 nitrogen and oxygen atoms in total. The molecule has 5 heteroatoms. The van der Waals surface area contributed by atoms with E-state index in [1.54, 1.807) is 0 Å². The van der Waals surface area contributed by atoms with Crippen molar-refractivity contribution in [1.82, 2.24) is 0 Å². The molecular formula is C7H13F2NO2. The van der Waals surface area contributed by atoms with Crippen LogP contribution in [0, 0.1) is 0 Å². The quantitative estimate of drug-likeness (QED) is 0.682. The van der Waals surface area contributed by atoms with Gasteiger partial charge in [-0.2, -0.15) is 0 Å². The fraction of sp³-hybridized carbons (Fsp3) is 1.00. The lowest BCUT2D eigenvalue weighted by atomic mass is 10.0. The van der Waals surface area contributed by atoms with E-state index in [9.17, 15) is 8.78 Å². The van der Waals surface area contributed by atoms with Crippen molar-refractivity contribution >= 4 is 0 Å². The lowest BCUT2D eigenvalue weighted by Crippen LogP contribution is -2.45. The Labute approximate surface area is 69.8 Å². The van der Waals surface area contributed by atoms with E-state index < -0.39 is 18.6 Å². The van der Waals surface area contributed by atoms with E-state index in [-0.39, 0.29) is 6.61 Å². The van der Waals surface area contributed by atoms with Gasteiger partial charge in [0, 0.05) is 6.61 Å². The van der Waals surface area contributed by atoms with Gasteiger partial charge in [0.2, 0.25) is 0 Å². The maximum absolute atomic E-state index is 11.6. The third kappa shape index (κ3) is 3.00. The minimum absolute atomic E-state index is 0.150. The molecule has 0 aliphatic carbocycles. The summed E-state index contributed by atoms with van der Waals surface area (Å²) in [6.45, 7) is 0.598. The maximum Gasteiger partial charge on any atom is 0.261 e. The highest BCUT2D eigenvalue weighted by Gasteiger charge is 2.30. The molecule has 1 rings (SSSR count). The third-order valence-electron chi connectivity index (χ3n) is 1.77. The van der Waals surface area contributed by atoms with E-state index in [2.05, 4.69) is 0 Å². The van der Waals surface area contributed by atoms with Crippen molar-refractivity contribution in [2.45, 2.75) is 18.4 Å². The normalized spacial score (nSPS) is 30.0. The number of alkyl halides is 2.